The molecular formula is C18H22ClN3O. The molecular weight excluding hydrogens is 310 g/mol. The van der Waals surface area contributed by atoms with Gasteiger partial charge in [-0.3, -0.25) is 9.78 Å². The number of nitrogens with zero attached hydrogens (tertiary/aromatic N) is 2. The van der Waals surface area contributed by atoms with Gasteiger partial charge in [-0.1, -0.05) is 32.4 Å². The fourth-order valence-corrected chi connectivity index (χ4v) is 2.35. The average molecular weight is 332 g/mol. The van der Waals surface area contributed by atoms with Gasteiger partial charge < -0.3 is 10.2 Å². The Morgan fingerprint density at radius 1 is 1.17 bits per heavy atom. The molecule has 0 unspecified atom stereocenters. The zero-order valence-corrected chi connectivity index (χ0v) is 14.9. The molecule has 0 spiro atoms. The van der Waals surface area contributed by atoms with Crippen LogP contribution in [0.5, 0.6) is 0 Å². The number of pyridine rings is 1. The second kappa shape index (κ2) is 6.59. The molecule has 0 aliphatic heterocycles. The Hall–Kier alpha value is -2.07. The highest BCUT2D eigenvalue weighted by atomic mass is 35.5. The largest absolute Gasteiger partial charge is 0.377 e. The Morgan fingerprint density at radius 2 is 1.87 bits per heavy atom. The number of hydrogen-bond acceptors (Lipinski definition) is 3. The zero-order chi connectivity index (χ0) is 17.2. The number of hydrogen-bond donors (Lipinski definition) is 1. The zero-order valence-electron chi connectivity index (χ0n) is 14.1. The van der Waals surface area contributed by atoms with E-state index in [1.807, 2.05) is 31.3 Å². The van der Waals surface area contributed by atoms with Crippen LogP contribution in [0.2, 0.25) is 5.02 Å². The molecule has 0 saturated heterocycles. The number of halogens is 1. The molecule has 0 radical (unpaired) electrons. The Balaban J connectivity index is 2.30. The van der Waals surface area contributed by atoms with E-state index in [0.29, 0.717) is 16.3 Å². The number of benzene rings is 1. The molecule has 2 rings (SSSR count). The summed E-state index contributed by atoms with van der Waals surface area (Å²) in [6, 6.07) is 7.18. The normalized spacial score (nSPS) is 11.2. The molecule has 0 atom stereocenters. The molecule has 1 amide bonds. The third-order valence-electron chi connectivity index (χ3n) is 3.55. The highest BCUT2D eigenvalue weighted by Crippen LogP contribution is 2.26. The lowest BCUT2D eigenvalue weighted by Crippen LogP contribution is -2.19. The van der Waals surface area contributed by atoms with E-state index in [9.17, 15) is 4.79 Å². The number of carbonyl (C=O) groups excluding carboxylic acids is 1. The van der Waals surface area contributed by atoms with Crippen LogP contribution in [-0.2, 0) is 5.41 Å². The summed E-state index contributed by atoms with van der Waals surface area (Å²) in [5, 5.41) is 3.51. The lowest BCUT2D eigenvalue weighted by molar-refractivity contribution is 0.102. The van der Waals surface area contributed by atoms with Crippen molar-refractivity contribution >= 4 is 28.9 Å². The maximum Gasteiger partial charge on any atom is 0.257 e. The minimum Gasteiger partial charge on any atom is -0.377 e. The van der Waals surface area contributed by atoms with Crippen LogP contribution in [0.15, 0.2) is 36.7 Å². The van der Waals surface area contributed by atoms with E-state index in [1.165, 1.54) is 0 Å². The number of anilines is 2. The Bertz CT molecular complexity index is 720. The summed E-state index contributed by atoms with van der Waals surface area (Å²) in [5.74, 6) is -0.182. The van der Waals surface area contributed by atoms with E-state index in [4.69, 9.17) is 11.6 Å². The highest BCUT2D eigenvalue weighted by molar-refractivity contribution is 6.31. The predicted molar refractivity (Wildman–Crippen MR) is 96.7 cm³/mol. The van der Waals surface area contributed by atoms with Crippen molar-refractivity contribution in [1.82, 2.24) is 4.98 Å². The third-order valence-corrected chi connectivity index (χ3v) is 3.78. The summed E-state index contributed by atoms with van der Waals surface area (Å²) < 4.78 is 0. The van der Waals surface area contributed by atoms with Gasteiger partial charge in [0.1, 0.15) is 0 Å². The quantitative estimate of drug-likeness (QED) is 0.909. The van der Waals surface area contributed by atoms with E-state index in [2.05, 4.69) is 31.1 Å². The number of nitrogens with one attached hydrogen (secondary N) is 1. The van der Waals surface area contributed by atoms with E-state index in [0.717, 1.165) is 11.3 Å². The molecule has 1 heterocycles. The van der Waals surface area contributed by atoms with Crippen molar-refractivity contribution in [2.45, 2.75) is 26.2 Å². The van der Waals surface area contributed by atoms with Crippen LogP contribution in [-0.4, -0.2) is 25.0 Å². The van der Waals surface area contributed by atoms with Crippen molar-refractivity contribution in [1.29, 1.82) is 0 Å². The molecule has 0 aliphatic carbocycles. The van der Waals surface area contributed by atoms with Gasteiger partial charge >= 0.3 is 0 Å². The average Bonchev–Trinajstić information content (AvgIpc) is 2.46. The van der Waals surface area contributed by atoms with Crippen molar-refractivity contribution in [3.05, 3.63) is 52.8 Å². The third kappa shape index (κ3) is 4.23. The van der Waals surface area contributed by atoms with Gasteiger partial charge in [0, 0.05) is 25.3 Å². The second-order valence-electron chi connectivity index (χ2n) is 6.72. The van der Waals surface area contributed by atoms with Gasteiger partial charge in [0.2, 0.25) is 0 Å². The fourth-order valence-electron chi connectivity index (χ4n) is 2.18. The van der Waals surface area contributed by atoms with Crippen molar-refractivity contribution in [2.24, 2.45) is 0 Å². The predicted octanol–water partition coefficient (Wildman–Crippen LogP) is 4.35. The Kier molecular flexibility index (Phi) is 4.95. The van der Waals surface area contributed by atoms with Gasteiger partial charge in [-0.25, -0.2) is 0 Å². The highest BCUT2D eigenvalue weighted by Gasteiger charge is 2.17. The van der Waals surface area contributed by atoms with Gasteiger partial charge in [0.15, 0.2) is 0 Å². The van der Waals surface area contributed by atoms with Gasteiger partial charge in [0.05, 0.1) is 23.1 Å². The summed E-state index contributed by atoms with van der Waals surface area (Å²) in [5.41, 5.74) is 3.07. The van der Waals surface area contributed by atoms with E-state index < -0.39 is 0 Å². The Labute approximate surface area is 142 Å². The summed E-state index contributed by atoms with van der Waals surface area (Å²) in [6.45, 7) is 6.33. The topological polar surface area (TPSA) is 45.2 Å². The van der Waals surface area contributed by atoms with E-state index in [-0.39, 0.29) is 11.3 Å². The first kappa shape index (κ1) is 17.3. The number of rotatable bonds is 3. The van der Waals surface area contributed by atoms with Crippen LogP contribution in [0.3, 0.4) is 0 Å². The van der Waals surface area contributed by atoms with Gasteiger partial charge in [-0.2, -0.15) is 0 Å². The molecule has 1 aromatic carbocycles. The molecule has 122 valence electrons. The molecule has 23 heavy (non-hydrogen) atoms. The first-order valence-electron chi connectivity index (χ1n) is 7.42. The molecule has 5 heteroatoms. The summed E-state index contributed by atoms with van der Waals surface area (Å²) in [6.07, 6.45) is 3.47. The first-order valence-corrected chi connectivity index (χ1v) is 7.80. The van der Waals surface area contributed by atoms with Gasteiger partial charge in [-0.05, 0) is 35.2 Å². The maximum absolute atomic E-state index is 12.6. The molecule has 0 saturated carbocycles. The van der Waals surface area contributed by atoms with Crippen molar-refractivity contribution in [2.75, 3.05) is 24.3 Å². The SMILES string of the molecule is CN(C)c1cc(Cl)ccc1C(=O)Nc1cncc(C(C)(C)C)c1. The molecule has 1 N–H and O–H groups in total. The van der Waals surface area contributed by atoms with Crippen molar-refractivity contribution in [3.63, 3.8) is 0 Å². The van der Waals surface area contributed by atoms with Crippen LogP contribution in [0.25, 0.3) is 0 Å². The van der Waals surface area contributed by atoms with Crippen LogP contribution >= 0.6 is 11.6 Å². The van der Waals surface area contributed by atoms with Crippen molar-refractivity contribution < 1.29 is 4.79 Å². The summed E-state index contributed by atoms with van der Waals surface area (Å²) >= 11 is 6.03. The number of carbonyl (C=O) groups is 1. The molecule has 0 fully saturated rings. The minimum atomic E-state index is -0.182. The monoisotopic (exact) mass is 331 g/mol. The number of amides is 1. The first-order chi connectivity index (χ1) is 10.7. The lowest BCUT2D eigenvalue weighted by atomic mass is 9.88. The summed E-state index contributed by atoms with van der Waals surface area (Å²) in [4.78, 5) is 18.7. The molecule has 0 bridgehead atoms. The second-order valence-corrected chi connectivity index (χ2v) is 7.16. The fraction of sp³-hybridized carbons (Fsp3) is 0.333. The van der Waals surface area contributed by atoms with Gasteiger partial charge in [0.25, 0.3) is 5.91 Å². The summed E-state index contributed by atoms with van der Waals surface area (Å²) in [7, 11) is 3.76. The van der Waals surface area contributed by atoms with Crippen LogP contribution in [0.4, 0.5) is 11.4 Å². The number of aromatic nitrogens is 1. The van der Waals surface area contributed by atoms with Crippen LogP contribution < -0.4 is 10.2 Å². The van der Waals surface area contributed by atoms with E-state index >= 15 is 0 Å². The minimum absolute atomic E-state index is 0.0250. The maximum atomic E-state index is 12.6. The molecule has 1 aromatic heterocycles. The lowest BCUT2D eigenvalue weighted by Gasteiger charge is -2.20. The van der Waals surface area contributed by atoms with Gasteiger partial charge in [-0.15, -0.1) is 0 Å². The van der Waals surface area contributed by atoms with Crippen LogP contribution in [0, 0.1) is 0 Å². The van der Waals surface area contributed by atoms with E-state index in [1.54, 1.807) is 24.4 Å². The molecule has 2 aromatic rings. The Morgan fingerprint density at radius 3 is 2.48 bits per heavy atom. The van der Waals surface area contributed by atoms with Crippen LogP contribution in [0.1, 0.15) is 36.7 Å². The standard InChI is InChI=1S/C18H22ClN3O/c1-18(2,3)12-8-14(11-20-10-12)21-17(23)15-7-6-13(19)9-16(15)22(4)5/h6-11H,1-5H3,(H,21,23). The van der Waals surface area contributed by atoms with Crippen molar-refractivity contribution in [3.8, 4) is 0 Å². The molecule has 0 aliphatic rings. The molecule has 4 nitrogen and oxygen atoms in total. The smallest absolute Gasteiger partial charge is 0.257 e.